The Kier molecular flexibility index (Phi) is 10.3. The van der Waals surface area contributed by atoms with Gasteiger partial charge >= 0.3 is 0 Å². The summed E-state index contributed by atoms with van der Waals surface area (Å²) in [6.45, 7) is 11.0. The third-order valence-electron chi connectivity index (χ3n) is 5.05. The first-order valence-electron chi connectivity index (χ1n) is 10.0. The maximum atomic E-state index is 5.79. The molecule has 8 heteroatoms. The van der Waals surface area contributed by atoms with Gasteiger partial charge in [0.25, 0.3) is 0 Å². The van der Waals surface area contributed by atoms with E-state index in [2.05, 4.69) is 27.4 Å². The van der Waals surface area contributed by atoms with E-state index in [0.717, 1.165) is 43.5 Å². The van der Waals surface area contributed by atoms with E-state index in [1.165, 1.54) is 26.2 Å². The van der Waals surface area contributed by atoms with Crippen LogP contribution < -0.4 is 15.4 Å². The molecule has 0 spiro atoms. The first-order chi connectivity index (χ1) is 13.3. The fraction of sp³-hybridized carbons (Fsp3) is 0.650. The number of hydrogen-bond donors (Lipinski definition) is 2. The molecule has 2 bridgehead atoms. The van der Waals surface area contributed by atoms with Crippen LogP contribution in [0.15, 0.2) is 29.3 Å². The predicted octanol–water partition coefficient (Wildman–Crippen LogP) is 2.10. The van der Waals surface area contributed by atoms with E-state index in [4.69, 9.17) is 14.5 Å². The Morgan fingerprint density at radius 3 is 2.71 bits per heavy atom. The number of hydrogen-bond acceptors (Lipinski definition) is 5. The summed E-state index contributed by atoms with van der Waals surface area (Å²) in [6, 6.07) is 8.54. The van der Waals surface area contributed by atoms with Crippen molar-refractivity contribution >= 4 is 35.6 Å². The highest BCUT2D eigenvalue weighted by atomic mass is 127. The van der Waals surface area contributed by atoms with Gasteiger partial charge in [-0.05, 0) is 19.1 Å². The molecule has 1 atom stereocenters. The van der Waals surface area contributed by atoms with Crippen LogP contribution in [0.25, 0.3) is 0 Å². The number of nitrogens with one attached hydrogen (secondary N) is 2. The largest absolute Gasteiger partial charge is 0.493 e. The van der Waals surface area contributed by atoms with Crippen LogP contribution >= 0.6 is 24.0 Å². The Balaban J connectivity index is 0.00000280. The average Bonchev–Trinajstić information content (AvgIpc) is 2.71. The van der Waals surface area contributed by atoms with Gasteiger partial charge in [-0.1, -0.05) is 6.07 Å². The molecule has 0 aromatic heterocycles. The second-order valence-electron chi connectivity index (χ2n) is 7.06. The van der Waals surface area contributed by atoms with E-state index >= 15 is 0 Å². The lowest BCUT2D eigenvalue weighted by atomic mass is 10.1. The summed E-state index contributed by atoms with van der Waals surface area (Å²) >= 11 is 0. The van der Waals surface area contributed by atoms with Crippen molar-refractivity contribution in [3.8, 4) is 5.75 Å². The Hall–Kier alpha value is -1.10. The maximum Gasteiger partial charge on any atom is 0.195 e. The zero-order valence-electron chi connectivity index (χ0n) is 17.0. The molecule has 3 fully saturated rings. The minimum Gasteiger partial charge on any atom is -0.493 e. The maximum absolute atomic E-state index is 5.79. The van der Waals surface area contributed by atoms with Gasteiger partial charge in [0, 0.05) is 77.2 Å². The normalized spacial score (nSPS) is 23.8. The van der Waals surface area contributed by atoms with Crippen molar-refractivity contribution in [3.63, 3.8) is 0 Å². The van der Waals surface area contributed by atoms with Crippen molar-refractivity contribution < 1.29 is 9.47 Å². The summed E-state index contributed by atoms with van der Waals surface area (Å²) in [6.07, 6.45) is 0.882. The number of anilines is 1. The summed E-state index contributed by atoms with van der Waals surface area (Å²) in [5.74, 6) is 1.68. The number of nitrogens with zero attached hydrogens (tertiary/aromatic N) is 3. The molecule has 28 heavy (non-hydrogen) atoms. The molecule has 0 radical (unpaired) electrons. The highest BCUT2D eigenvalue weighted by molar-refractivity contribution is 14.0. The van der Waals surface area contributed by atoms with Gasteiger partial charge in [0.05, 0.1) is 13.2 Å². The molecule has 1 aromatic carbocycles. The lowest BCUT2D eigenvalue weighted by molar-refractivity contribution is 0.0174. The van der Waals surface area contributed by atoms with Crippen LogP contribution in [0.3, 0.4) is 0 Å². The zero-order valence-corrected chi connectivity index (χ0v) is 19.4. The monoisotopic (exact) mass is 503 g/mol. The van der Waals surface area contributed by atoms with Crippen molar-refractivity contribution in [2.24, 2.45) is 4.99 Å². The van der Waals surface area contributed by atoms with Crippen LogP contribution in [0.2, 0.25) is 0 Å². The molecular weight excluding hydrogens is 469 g/mol. The van der Waals surface area contributed by atoms with Gasteiger partial charge in [-0.15, -0.1) is 24.0 Å². The van der Waals surface area contributed by atoms with Gasteiger partial charge in [0.1, 0.15) is 5.75 Å². The first kappa shape index (κ1) is 23.2. The molecule has 1 aromatic rings. The molecule has 4 rings (SSSR count). The fourth-order valence-corrected chi connectivity index (χ4v) is 3.60. The standard InChI is InChI=1S/C20H33N5O2.HI/c1-3-21-20(22-15-18-16-24-8-10-25(18)11-9-24)23-17-6-4-7-19(14-17)27-13-5-12-26-2;/h4,6-7,14,18H,3,5,8-13,15-16H2,1-2H3,(H2,21,22,23);1H. The summed E-state index contributed by atoms with van der Waals surface area (Å²) in [4.78, 5) is 9.95. The first-order valence-corrected chi connectivity index (χ1v) is 10.0. The fourth-order valence-electron chi connectivity index (χ4n) is 3.60. The van der Waals surface area contributed by atoms with E-state index in [-0.39, 0.29) is 24.0 Å². The molecule has 158 valence electrons. The van der Waals surface area contributed by atoms with E-state index in [0.29, 0.717) is 19.3 Å². The topological polar surface area (TPSA) is 61.4 Å². The van der Waals surface area contributed by atoms with Crippen LogP contribution in [0.4, 0.5) is 5.69 Å². The van der Waals surface area contributed by atoms with E-state index in [9.17, 15) is 0 Å². The molecule has 0 saturated carbocycles. The third kappa shape index (κ3) is 7.06. The van der Waals surface area contributed by atoms with Gasteiger partial charge in [-0.25, -0.2) is 0 Å². The van der Waals surface area contributed by atoms with E-state index in [1.807, 2.05) is 24.3 Å². The molecule has 3 heterocycles. The van der Waals surface area contributed by atoms with Crippen LogP contribution in [-0.4, -0.2) is 87.9 Å². The summed E-state index contributed by atoms with van der Waals surface area (Å²) in [5, 5.41) is 6.75. The van der Waals surface area contributed by atoms with E-state index in [1.54, 1.807) is 7.11 Å². The second-order valence-corrected chi connectivity index (χ2v) is 7.06. The van der Waals surface area contributed by atoms with Crippen molar-refractivity contribution in [2.45, 2.75) is 19.4 Å². The summed E-state index contributed by atoms with van der Waals surface area (Å²) in [5.41, 5.74) is 0.980. The molecule has 3 aliphatic rings. The molecule has 1 unspecified atom stereocenters. The van der Waals surface area contributed by atoms with Crippen LogP contribution in [0.1, 0.15) is 13.3 Å². The van der Waals surface area contributed by atoms with Crippen molar-refractivity contribution in [2.75, 3.05) is 71.5 Å². The Bertz CT molecular complexity index is 608. The van der Waals surface area contributed by atoms with Crippen LogP contribution in [0, 0.1) is 0 Å². The second kappa shape index (κ2) is 12.5. The summed E-state index contributed by atoms with van der Waals surface area (Å²) < 4.78 is 10.8. The van der Waals surface area contributed by atoms with Crippen molar-refractivity contribution in [1.29, 1.82) is 0 Å². The molecule has 0 aliphatic carbocycles. The van der Waals surface area contributed by atoms with Crippen LogP contribution in [-0.2, 0) is 4.74 Å². The number of piperazine rings is 3. The summed E-state index contributed by atoms with van der Waals surface area (Å²) in [7, 11) is 1.71. The average molecular weight is 503 g/mol. The van der Waals surface area contributed by atoms with E-state index < -0.39 is 0 Å². The molecular formula is C20H34IN5O2. The highest BCUT2D eigenvalue weighted by Crippen LogP contribution is 2.18. The Morgan fingerprint density at radius 1 is 1.21 bits per heavy atom. The molecule has 3 saturated heterocycles. The SMILES string of the molecule is CCNC(=NCC1CN2CCN1CC2)Nc1cccc(OCCCOC)c1.I. The number of methoxy groups -OCH3 is 1. The van der Waals surface area contributed by atoms with Gasteiger partial charge < -0.3 is 20.1 Å². The number of halogens is 1. The van der Waals surface area contributed by atoms with Gasteiger partial charge in [-0.2, -0.15) is 0 Å². The minimum atomic E-state index is 0. The number of ether oxygens (including phenoxy) is 2. The van der Waals surface area contributed by atoms with Gasteiger partial charge in [0.15, 0.2) is 5.96 Å². The smallest absolute Gasteiger partial charge is 0.195 e. The zero-order chi connectivity index (χ0) is 18.9. The van der Waals surface area contributed by atoms with Crippen molar-refractivity contribution in [1.82, 2.24) is 15.1 Å². The minimum absolute atomic E-state index is 0. The predicted molar refractivity (Wildman–Crippen MR) is 125 cm³/mol. The number of benzene rings is 1. The molecule has 2 N–H and O–H groups in total. The van der Waals surface area contributed by atoms with Gasteiger partial charge in [-0.3, -0.25) is 14.8 Å². The number of rotatable bonds is 9. The quantitative estimate of drug-likeness (QED) is 0.233. The molecule has 0 amide bonds. The van der Waals surface area contributed by atoms with Crippen molar-refractivity contribution in [3.05, 3.63) is 24.3 Å². The lowest BCUT2D eigenvalue weighted by Crippen LogP contribution is -2.61. The van der Waals surface area contributed by atoms with Crippen LogP contribution in [0.5, 0.6) is 5.75 Å². The molecule has 7 nitrogen and oxygen atoms in total. The molecule has 3 aliphatic heterocycles. The Labute approximate surface area is 185 Å². The lowest BCUT2D eigenvalue weighted by Gasteiger charge is -2.47. The number of guanidine groups is 1. The highest BCUT2D eigenvalue weighted by Gasteiger charge is 2.31. The van der Waals surface area contributed by atoms with Gasteiger partial charge in [0.2, 0.25) is 0 Å². The number of aliphatic imine (C=N–C) groups is 1. The number of fused-ring (bicyclic) bond motifs is 3. The third-order valence-corrected chi connectivity index (χ3v) is 5.05. The Morgan fingerprint density at radius 2 is 2.04 bits per heavy atom.